The predicted molar refractivity (Wildman–Crippen MR) is 81.1 cm³/mol. The van der Waals surface area contributed by atoms with Crippen LogP contribution in [0.15, 0.2) is 12.3 Å². The molecule has 19 heavy (non-hydrogen) atoms. The summed E-state index contributed by atoms with van der Waals surface area (Å²) in [6, 6.07) is 2.35. The van der Waals surface area contributed by atoms with E-state index in [4.69, 9.17) is 23.8 Å². The number of hydrogen-bond acceptors (Lipinski definition) is 2. The summed E-state index contributed by atoms with van der Waals surface area (Å²) in [6.45, 7) is 4.65. The fourth-order valence-corrected chi connectivity index (χ4v) is 3.82. The van der Waals surface area contributed by atoms with Crippen molar-refractivity contribution in [1.82, 2.24) is 14.5 Å². The van der Waals surface area contributed by atoms with E-state index in [0.29, 0.717) is 17.0 Å². The summed E-state index contributed by atoms with van der Waals surface area (Å²) in [6.07, 6.45) is 5.39. The number of nitrogens with one attached hydrogen (secondary N) is 1. The van der Waals surface area contributed by atoms with Crippen LogP contribution in [0.1, 0.15) is 39.2 Å². The van der Waals surface area contributed by atoms with Gasteiger partial charge in [0.1, 0.15) is 0 Å². The molecule has 0 saturated heterocycles. The molecule has 0 aliphatic heterocycles. The number of fused-ring (bicyclic) bond motifs is 1. The average molecular weight is 296 g/mol. The van der Waals surface area contributed by atoms with Crippen molar-refractivity contribution < 1.29 is 0 Å². The highest BCUT2D eigenvalue weighted by molar-refractivity contribution is 7.71. The summed E-state index contributed by atoms with van der Waals surface area (Å²) in [4.78, 5) is 7.69. The van der Waals surface area contributed by atoms with Gasteiger partial charge in [-0.3, -0.25) is 4.57 Å². The van der Waals surface area contributed by atoms with Crippen LogP contribution in [-0.2, 0) is 0 Å². The zero-order chi connectivity index (χ0) is 13.6. The van der Waals surface area contributed by atoms with Crippen LogP contribution in [-0.4, -0.2) is 14.5 Å². The molecular formula is C14H18ClN3S. The number of hydrogen-bond donors (Lipinski definition) is 1. The third kappa shape index (κ3) is 2.32. The summed E-state index contributed by atoms with van der Waals surface area (Å²) in [5.74, 6) is 1.44. The molecule has 3 atom stereocenters. The molecule has 2 aromatic heterocycles. The third-order valence-electron chi connectivity index (χ3n) is 4.24. The Morgan fingerprint density at radius 2 is 2.21 bits per heavy atom. The molecule has 0 bridgehead atoms. The van der Waals surface area contributed by atoms with Gasteiger partial charge in [-0.25, -0.2) is 4.98 Å². The van der Waals surface area contributed by atoms with E-state index in [2.05, 4.69) is 28.4 Å². The van der Waals surface area contributed by atoms with Gasteiger partial charge in [0.05, 0.1) is 10.5 Å². The standard InChI is InChI=1S/C14H18ClN3S/c1-8-3-4-12(9(2)5-8)18-13-11(17-14(18)19)6-10(15)7-16-13/h6-9,12H,3-5H2,1-2H3,(H,17,19). The van der Waals surface area contributed by atoms with Crippen LogP contribution in [0.3, 0.4) is 0 Å². The minimum Gasteiger partial charge on any atom is -0.329 e. The van der Waals surface area contributed by atoms with E-state index in [-0.39, 0.29) is 0 Å². The van der Waals surface area contributed by atoms with Crippen LogP contribution >= 0.6 is 23.8 Å². The first-order valence-electron chi connectivity index (χ1n) is 6.82. The summed E-state index contributed by atoms with van der Waals surface area (Å²) in [5.41, 5.74) is 1.86. The molecule has 5 heteroatoms. The van der Waals surface area contributed by atoms with Gasteiger partial charge in [-0.15, -0.1) is 0 Å². The second-order valence-corrected chi connectivity index (χ2v) is 6.61. The number of aromatic amines is 1. The molecule has 0 radical (unpaired) electrons. The van der Waals surface area contributed by atoms with Crippen LogP contribution in [0, 0.1) is 16.6 Å². The largest absolute Gasteiger partial charge is 0.329 e. The van der Waals surface area contributed by atoms with Crippen molar-refractivity contribution in [3.05, 3.63) is 22.1 Å². The highest BCUT2D eigenvalue weighted by atomic mass is 35.5. The van der Waals surface area contributed by atoms with E-state index in [1.165, 1.54) is 19.3 Å². The number of aromatic nitrogens is 3. The molecule has 0 aromatic carbocycles. The Hall–Kier alpha value is -0.870. The molecule has 1 saturated carbocycles. The first-order valence-corrected chi connectivity index (χ1v) is 7.60. The summed E-state index contributed by atoms with van der Waals surface area (Å²) >= 11 is 11.5. The number of rotatable bonds is 1. The number of imidazole rings is 1. The number of pyridine rings is 1. The Kier molecular flexibility index (Phi) is 3.39. The normalized spacial score (nSPS) is 27.8. The summed E-state index contributed by atoms with van der Waals surface area (Å²) in [5, 5.41) is 0.640. The van der Waals surface area contributed by atoms with E-state index in [1.54, 1.807) is 6.20 Å². The molecule has 0 amide bonds. The maximum absolute atomic E-state index is 5.99. The minimum absolute atomic E-state index is 0.450. The first-order chi connectivity index (χ1) is 9.06. The van der Waals surface area contributed by atoms with E-state index in [1.807, 2.05) is 6.07 Å². The molecule has 1 N–H and O–H groups in total. The van der Waals surface area contributed by atoms with Crippen LogP contribution in [0.4, 0.5) is 0 Å². The highest BCUT2D eigenvalue weighted by Gasteiger charge is 2.28. The first kappa shape index (κ1) is 13.1. The Labute approximate surface area is 123 Å². The molecule has 102 valence electrons. The van der Waals surface area contributed by atoms with E-state index >= 15 is 0 Å². The molecule has 2 aromatic rings. The lowest BCUT2D eigenvalue weighted by atomic mass is 9.80. The number of H-pyrrole nitrogens is 1. The molecule has 3 unspecified atom stereocenters. The van der Waals surface area contributed by atoms with E-state index in [9.17, 15) is 0 Å². The predicted octanol–water partition coefficient (Wildman–Crippen LogP) is 4.74. The molecule has 1 aliphatic carbocycles. The fourth-order valence-electron chi connectivity index (χ4n) is 3.33. The Morgan fingerprint density at radius 1 is 1.42 bits per heavy atom. The van der Waals surface area contributed by atoms with Crippen LogP contribution < -0.4 is 0 Å². The SMILES string of the molecule is CC1CCC(n2c(=S)[nH]c3cc(Cl)cnc32)C(C)C1. The quantitative estimate of drug-likeness (QED) is 0.771. The lowest BCUT2D eigenvalue weighted by Crippen LogP contribution is -2.25. The van der Waals surface area contributed by atoms with Gasteiger partial charge >= 0.3 is 0 Å². The van der Waals surface area contributed by atoms with Crippen LogP contribution in [0.5, 0.6) is 0 Å². The van der Waals surface area contributed by atoms with Crippen molar-refractivity contribution >= 4 is 35.0 Å². The molecule has 2 heterocycles. The lowest BCUT2D eigenvalue weighted by molar-refractivity contribution is 0.209. The third-order valence-corrected chi connectivity index (χ3v) is 4.75. The highest BCUT2D eigenvalue weighted by Crippen LogP contribution is 2.38. The molecule has 3 nitrogen and oxygen atoms in total. The molecule has 1 fully saturated rings. The van der Waals surface area contributed by atoms with Gasteiger partial charge < -0.3 is 4.98 Å². The topological polar surface area (TPSA) is 33.6 Å². The Bertz CT molecular complexity index is 660. The second-order valence-electron chi connectivity index (χ2n) is 5.79. The summed E-state index contributed by atoms with van der Waals surface area (Å²) < 4.78 is 2.95. The monoisotopic (exact) mass is 295 g/mol. The Morgan fingerprint density at radius 3 is 2.95 bits per heavy atom. The fraction of sp³-hybridized carbons (Fsp3) is 0.571. The number of nitrogens with zero attached hydrogens (tertiary/aromatic N) is 2. The summed E-state index contributed by atoms with van der Waals surface area (Å²) in [7, 11) is 0. The van der Waals surface area contributed by atoms with Crippen molar-refractivity contribution in [1.29, 1.82) is 0 Å². The van der Waals surface area contributed by atoms with Gasteiger partial charge in [-0.1, -0.05) is 25.4 Å². The van der Waals surface area contributed by atoms with Crippen LogP contribution in [0.25, 0.3) is 11.2 Å². The van der Waals surface area contributed by atoms with Gasteiger partial charge in [0, 0.05) is 12.2 Å². The van der Waals surface area contributed by atoms with Crippen molar-refractivity contribution in [2.24, 2.45) is 11.8 Å². The maximum Gasteiger partial charge on any atom is 0.179 e. The van der Waals surface area contributed by atoms with E-state index < -0.39 is 0 Å². The molecule has 0 spiro atoms. The number of halogens is 1. The van der Waals surface area contributed by atoms with Gasteiger partial charge in [0.15, 0.2) is 10.4 Å². The van der Waals surface area contributed by atoms with E-state index in [0.717, 1.165) is 21.9 Å². The van der Waals surface area contributed by atoms with Crippen molar-refractivity contribution in [3.63, 3.8) is 0 Å². The van der Waals surface area contributed by atoms with Gasteiger partial charge in [-0.2, -0.15) is 0 Å². The van der Waals surface area contributed by atoms with Gasteiger partial charge in [0.2, 0.25) is 0 Å². The maximum atomic E-state index is 5.99. The average Bonchev–Trinajstić information content (AvgIpc) is 2.65. The smallest absolute Gasteiger partial charge is 0.179 e. The van der Waals surface area contributed by atoms with Gasteiger partial charge in [-0.05, 0) is 49.4 Å². The van der Waals surface area contributed by atoms with Crippen molar-refractivity contribution in [2.45, 2.75) is 39.2 Å². The van der Waals surface area contributed by atoms with Gasteiger partial charge in [0.25, 0.3) is 0 Å². The minimum atomic E-state index is 0.450. The Balaban J connectivity index is 2.09. The molecular weight excluding hydrogens is 278 g/mol. The van der Waals surface area contributed by atoms with Crippen LogP contribution in [0.2, 0.25) is 5.02 Å². The molecule has 1 aliphatic rings. The van der Waals surface area contributed by atoms with Crippen molar-refractivity contribution in [2.75, 3.05) is 0 Å². The zero-order valence-electron chi connectivity index (χ0n) is 11.2. The second kappa shape index (κ2) is 4.91. The van der Waals surface area contributed by atoms with Crippen molar-refractivity contribution in [3.8, 4) is 0 Å². The zero-order valence-corrected chi connectivity index (χ0v) is 12.8. The molecule has 3 rings (SSSR count). The lowest BCUT2D eigenvalue weighted by Gasteiger charge is -2.33.